The summed E-state index contributed by atoms with van der Waals surface area (Å²) in [5.41, 5.74) is 4.92. The van der Waals surface area contributed by atoms with Gasteiger partial charge in [-0.1, -0.05) is 64.5 Å². The molecule has 0 saturated carbocycles. The number of rotatable bonds is 6. The predicted molar refractivity (Wildman–Crippen MR) is 165 cm³/mol. The van der Waals surface area contributed by atoms with E-state index in [1.807, 2.05) is 48.5 Å². The summed E-state index contributed by atoms with van der Waals surface area (Å²) >= 11 is 3.42. The summed E-state index contributed by atoms with van der Waals surface area (Å²) in [5, 5.41) is 15.7. The Hall–Kier alpha value is -5.16. The highest BCUT2D eigenvalue weighted by atomic mass is 79.9. The van der Waals surface area contributed by atoms with E-state index >= 15 is 0 Å². The monoisotopic (exact) mass is 650 g/mol. The first-order valence-electron chi connectivity index (χ1n) is 13.8. The lowest BCUT2D eigenvalue weighted by Gasteiger charge is -2.52. The molecule has 0 unspecified atom stereocenters. The molecular weight excluding hydrogens is 628 g/mol. The zero-order valence-electron chi connectivity index (χ0n) is 23.1. The van der Waals surface area contributed by atoms with Crippen molar-refractivity contribution in [1.82, 2.24) is 5.43 Å². The number of carbonyl (C=O) groups excluding carboxylic acids is 3. The van der Waals surface area contributed by atoms with E-state index < -0.39 is 28.1 Å². The molecule has 1 saturated heterocycles. The molecule has 2 bridgehead atoms. The average Bonchev–Trinajstić information content (AvgIpc) is 3.31. The van der Waals surface area contributed by atoms with Gasteiger partial charge in [-0.05, 0) is 52.6 Å². The Morgan fingerprint density at radius 2 is 1.61 bits per heavy atom. The van der Waals surface area contributed by atoms with Gasteiger partial charge < -0.3 is 4.74 Å². The van der Waals surface area contributed by atoms with Crippen LogP contribution in [0, 0.1) is 22.0 Å². The minimum Gasteiger partial charge on any atom is -0.496 e. The van der Waals surface area contributed by atoms with Gasteiger partial charge in [-0.25, -0.2) is 10.3 Å². The summed E-state index contributed by atoms with van der Waals surface area (Å²) in [6, 6.07) is 26.1. The molecule has 44 heavy (non-hydrogen) atoms. The van der Waals surface area contributed by atoms with Crippen LogP contribution in [0.5, 0.6) is 5.75 Å². The van der Waals surface area contributed by atoms with Crippen molar-refractivity contribution >= 4 is 51.2 Å². The molecule has 3 aliphatic carbocycles. The second-order valence-electron chi connectivity index (χ2n) is 10.9. The number of ether oxygens (including phenoxy) is 1. The van der Waals surface area contributed by atoms with Crippen LogP contribution in [0.1, 0.15) is 38.5 Å². The minimum absolute atomic E-state index is 0.0732. The van der Waals surface area contributed by atoms with Crippen LogP contribution in [0.3, 0.4) is 0 Å². The van der Waals surface area contributed by atoms with E-state index in [1.165, 1.54) is 30.4 Å². The second kappa shape index (κ2) is 10.2. The third kappa shape index (κ3) is 3.85. The first kappa shape index (κ1) is 27.7. The van der Waals surface area contributed by atoms with Crippen LogP contribution in [0.2, 0.25) is 0 Å². The highest BCUT2D eigenvalue weighted by Gasteiger charge is 2.68. The van der Waals surface area contributed by atoms with Gasteiger partial charge in [0.25, 0.3) is 11.6 Å². The molecule has 4 aromatic rings. The Kier molecular flexibility index (Phi) is 6.43. The fourth-order valence-electron chi connectivity index (χ4n) is 7.13. The van der Waals surface area contributed by atoms with Crippen LogP contribution >= 0.6 is 15.9 Å². The number of methoxy groups -OCH3 is 1. The van der Waals surface area contributed by atoms with Gasteiger partial charge >= 0.3 is 0 Å². The normalized spacial score (nSPS) is 22.9. The Labute approximate surface area is 259 Å². The Morgan fingerprint density at radius 3 is 2.23 bits per heavy atom. The molecule has 218 valence electrons. The summed E-state index contributed by atoms with van der Waals surface area (Å²) in [7, 11) is 1.36. The largest absolute Gasteiger partial charge is 0.496 e. The summed E-state index contributed by atoms with van der Waals surface area (Å²) in [6.07, 6.45) is 1.54. The molecule has 1 fully saturated rings. The van der Waals surface area contributed by atoms with E-state index in [1.54, 1.807) is 24.3 Å². The van der Waals surface area contributed by atoms with Gasteiger partial charge in [0, 0.05) is 28.7 Å². The zero-order valence-corrected chi connectivity index (χ0v) is 24.7. The number of hydrogen-bond acceptors (Lipinski definition) is 7. The average molecular weight is 651 g/mol. The number of benzene rings is 4. The molecule has 0 spiro atoms. The van der Waals surface area contributed by atoms with Crippen molar-refractivity contribution in [2.75, 3.05) is 12.0 Å². The molecule has 4 aliphatic rings. The standard InChI is InChI=1S/C33H23BrN4O6/c1-44-26-15-14-20(38(42)43)16-23(26)30(39)36-35-17-33-24-8-4-2-6-21(24)27(22-7-3-5-9-25(22)33)28-29(33)32(41)37(31(28)40)19-12-10-18(34)11-13-19/h2-17,27-29H,1H3,(H,36,39)/b35-17-/t27?,28-,29+,33?/m0/s1. The Bertz CT molecular complexity index is 1880. The molecule has 1 heterocycles. The number of hydrogen-bond donors (Lipinski definition) is 1. The Balaban J connectivity index is 1.37. The number of non-ortho nitro benzene ring substituents is 1. The number of halogens is 1. The molecule has 2 atom stereocenters. The smallest absolute Gasteiger partial charge is 0.275 e. The van der Waals surface area contributed by atoms with E-state index in [0.717, 1.165) is 32.8 Å². The molecule has 10 nitrogen and oxygen atoms in total. The first-order valence-corrected chi connectivity index (χ1v) is 14.6. The van der Waals surface area contributed by atoms with Crippen LogP contribution in [0.25, 0.3) is 0 Å². The summed E-state index contributed by atoms with van der Waals surface area (Å²) in [6.45, 7) is 0. The molecule has 4 aromatic carbocycles. The van der Waals surface area contributed by atoms with Crippen molar-refractivity contribution < 1.29 is 24.0 Å². The summed E-state index contributed by atoms with van der Waals surface area (Å²) in [5.74, 6) is -3.11. The molecule has 8 rings (SSSR count). The molecule has 3 amide bonds. The van der Waals surface area contributed by atoms with Crippen LogP contribution in [-0.4, -0.2) is 36.0 Å². The topological polar surface area (TPSA) is 131 Å². The number of nitrogens with zero attached hydrogens (tertiary/aromatic N) is 3. The lowest BCUT2D eigenvalue weighted by atomic mass is 9.47. The molecule has 11 heteroatoms. The predicted octanol–water partition coefficient (Wildman–Crippen LogP) is 5.33. The Morgan fingerprint density at radius 1 is 0.977 bits per heavy atom. The van der Waals surface area contributed by atoms with Crippen LogP contribution < -0.4 is 15.1 Å². The number of amides is 3. The number of nitro benzene ring substituents is 1. The van der Waals surface area contributed by atoms with Crippen molar-refractivity contribution in [2.24, 2.45) is 16.9 Å². The van der Waals surface area contributed by atoms with E-state index in [9.17, 15) is 24.5 Å². The van der Waals surface area contributed by atoms with E-state index in [0.29, 0.717) is 5.69 Å². The fourth-order valence-corrected chi connectivity index (χ4v) is 7.40. The van der Waals surface area contributed by atoms with Crippen LogP contribution in [-0.2, 0) is 15.0 Å². The highest BCUT2D eigenvalue weighted by molar-refractivity contribution is 9.10. The fraction of sp³-hybridized carbons (Fsp3) is 0.152. The summed E-state index contributed by atoms with van der Waals surface area (Å²) in [4.78, 5) is 53.9. The lowest BCUT2D eigenvalue weighted by molar-refractivity contribution is -0.384. The second-order valence-corrected chi connectivity index (χ2v) is 11.8. The maximum Gasteiger partial charge on any atom is 0.275 e. The van der Waals surface area contributed by atoms with Crippen molar-refractivity contribution in [3.63, 3.8) is 0 Å². The van der Waals surface area contributed by atoms with Gasteiger partial charge in [0.15, 0.2) is 0 Å². The van der Waals surface area contributed by atoms with Gasteiger partial charge in [0.1, 0.15) is 5.75 Å². The van der Waals surface area contributed by atoms with Crippen molar-refractivity contribution in [2.45, 2.75) is 11.3 Å². The third-order valence-electron chi connectivity index (χ3n) is 8.84. The third-order valence-corrected chi connectivity index (χ3v) is 9.37. The van der Waals surface area contributed by atoms with Crippen LogP contribution in [0.15, 0.2) is 101 Å². The number of nitrogens with one attached hydrogen (secondary N) is 1. The van der Waals surface area contributed by atoms with Crippen molar-refractivity contribution in [3.05, 3.63) is 133 Å². The molecule has 1 N–H and O–H groups in total. The number of imide groups is 1. The molecule has 0 radical (unpaired) electrons. The maximum absolute atomic E-state index is 14.4. The van der Waals surface area contributed by atoms with E-state index in [-0.39, 0.29) is 34.7 Å². The number of nitro groups is 1. The molecule has 0 aromatic heterocycles. The maximum atomic E-state index is 14.4. The first-order chi connectivity index (χ1) is 21.3. The van der Waals surface area contributed by atoms with Crippen molar-refractivity contribution in [1.29, 1.82) is 0 Å². The molecule has 1 aliphatic heterocycles. The zero-order chi connectivity index (χ0) is 30.7. The van der Waals surface area contributed by atoms with Gasteiger partial charge in [-0.3, -0.25) is 24.5 Å². The number of hydrazone groups is 1. The number of anilines is 1. The van der Waals surface area contributed by atoms with Gasteiger partial charge in [-0.2, -0.15) is 5.10 Å². The van der Waals surface area contributed by atoms with Gasteiger partial charge in [0.05, 0.1) is 40.5 Å². The summed E-state index contributed by atoms with van der Waals surface area (Å²) < 4.78 is 6.07. The lowest BCUT2D eigenvalue weighted by Crippen LogP contribution is -2.54. The quantitative estimate of drug-likeness (QED) is 0.130. The van der Waals surface area contributed by atoms with Gasteiger partial charge in [0.2, 0.25) is 11.8 Å². The van der Waals surface area contributed by atoms with E-state index in [2.05, 4.69) is 26.5 Å². The molecular formula is C33H23BrN4O6. The van der Waals surface area contributed by atoms with Crippen LogP contribution in [0.4, 0.5) is 11.4 Å². The van der Waals surface area contributed by atoms with E-state index in [4.69, 9.17) is 4.74 Å². The minimum atomic E-state index is -1.19. The van der Waals surface area contributed by atoms with Gasteiger partial charge in [-0.15, -0.1) is 0 Å². The highest BCUT2D eigenvalue weighted by Crippen LogP contribution is 2.63. The number of carbonyl (C=O) groups is 3. The SMILES string of the molecule is COc1ccc([N+](=O)[O-])cc1C(=O)N/N=C\C12c3ccccc3C(c3ccccc31)[C@@H]1C(=O)N(c3ccc(Br)cc3)C(=O)[C@@H]12. The van der Waals surface area contributed by atoms with Crippen molar-refractivity contribution in [3.8, 4) is 5.75 Å².